The summed E-state index contributed by atoms with van der Waals surface area (Å²) >= 11 is 0. The fourth-order valence-corrected chi connectivity index (χ4v) is 3.41. The summed E-state index contributed by atoms with van der Waals surface area (Å²) in [5, 5.41) is 14.5. The van der Waals surface area contributed by atoms with Gasteiger partial charge in [-0.3, -0.25) is 19.3 Å². The summed E-state index contributed by atoms with van der Waals surface area (Å²) in [6.45, 7) is 1.53. The van der Waals surface area contributed by atoms with Crippen molar-refractivity contribution in [3.8, 4) is 11.8 Å². The molecule has 0 aromatic heterocycles. The van der Waals surface area contributed by atoms with Gasteiger partial charge >= 0.3 is 0 Å². The molecule has 0 aliphatic carbocycles. The maximum atomic E-state index is 13.0. The molecule has 8 heteroatoms. The third-order valence-electron chi connectivity index (χ3n) is 5.06. The Morgan fingerprint density at radius 1 is 1.09 bits per heavy atom. The normalized spacial score (nSPS) is 13.2. The third-order valence-corrected chi connectivity index (χ3v) is 5.06. The van der Waals surface area contributed by atoms with Gasteiger partial charge in [0, 0.05) is 11.3 Å². The summed E-state index contributed by atoms with van der Waals surface area (Å²) in [6, 6.07) is 22.1. The average molecular weight is 440 g/mol. The van der Waals surface area contributed by atoms with Crippen LogP contribution in [0, 0.1) is 11.3 Å². The average Bonchev–Trinajstić information content (AvgIpc) is 2.83. The Bertz CT molecular complexity index is 1260. The van der Waals surface area contributed by atoms with Crippen LogP contribution in [0.5, 0.6) is 5.75 Å². The second-order valence-electron chi connectivity index (χ2n) is 7.42. The largest absolute Gasteiger partial charge is 0.481 e. The van der Waals surface area contributed by atoms with Gasteiger partial charge < -0.3 is 15.4 Å². The van der Waals surface area contributed by atoms with Crippen molar-refractivity contribution in [3.63, 3.8) is 0 Å². The molecule has 3 aromatic rings. The van der Waals surface area contributed by atoms with Gasteiger partial charge in [0.05, 0.1) is 23.0 Å². The molecule has 1 aliphatic heterocycles. The van der Waals surface area contributed by atoms with E-state index in [4.69, 9.17) is 10.00 Å². The highest BCUT2D eigenvalue weighted by Crippen LogP contribution is 2.30. The minimum atomic E-state index is -0.802. The molecule has 0 saturated heterocycles. The molecule has 0 spiro atoms. The summed E-state index contributed by atoms with van der Waals surface area (Å²) in [4.78, 5) is 38.9. The predicted molar refractivity (Wildman–Crippen MR) is 123 cm³/mol. The van der Waals surface area contributed by atoms with Crippen LogP contribution in [0.4, 0.5) is 17.1 Å². The highest BCUT2D eigenvalue weighted by atomic mass is 16.5. The van der Waals surface area contributed by atoms with E-state index in [0.29, 0.717) is 33.9 Å². The zero-order chi connectivity index (χ0) is 23.4. The van der Waals surface area contributed by atoms with Gasteiger partial charge in [-0.25, -0.2) is 0 Å². The molecule has 8 nitrogen and oxygen atoms in total. The second-order valence-corrected chi connectivity index (χ2v) is 7.42. The van der Waals surface area contributed by atoms with Crippen molar-refractivity contribution in [2.45, 2.75) is 13.0 Å². The Morgan fingerprint density at radius 2 is 1.85 bits per heavy atom. The lowest BCUT2D eigenvalue weighted by atomic mass is 10.1. The maximum Gasteiger partial charge on any atom is 0.265 e. The second kappa shape index (κ2) is 9.24. The number of carbonyl (C=O) groups excluding carboxylic acids is 3. The van der Waals surface area contributed by atoms with E-state index in [1.165, 1.54) is 4.90 Å². The number of hydrogen-bond donors (Lipinski definition) is 2. The molecule has 1 unspecified atom stereocenters. The molecule has 0 fully saturated rings. The SMILES string of the molecule is CC(Oc1cccc(C#N)c1)C(=O)Nc1ccc(C(=O)N2CC(=O)Nc3ccccc32)cc1. The fourth-order valence-electron chi connectivity index (χ4n) is 3.41. The standard InChI is InChI=1S/C25H20N4O4/c1-16(33-20-6-4-5-17(13-20)14-26)24(31)27-19-11-9-18(10-12-19)25(32)29-15-23(30)28-21-7-2-3-8-22(21)29/h2-13,16H,15H2,1H3,(H,27,31)(H,28,30). The number of hydrogen-bond acceptors (Lipinski definition) is 5. The van der Waals surface area contributed by atoms with Gasteiger partial charge in [-0.2, -0.15) is 5.26 Å². The van der Waals surface area contributed by atoms with Crippen LogP contribution in [-0.2, 0) is 9.59 Å². The van der Waals surface area contributed by atoms with E-state index in [1.54, 1.807) is 79.7 Å². The predicted octanol–water partition coefficient (Wildman–Crippen LogP) is 3.56. The van der Waals surface area contributed by atoms with Crippen LogP contribution >= 0.6 is 0 Å². The first kappa shape index (κ1) is 21.6. The molecule has 33 heavy (non-hydrogen) atoms. The molecule has 1 aliphatic rings. The van der Waals surface area contributed by atoms with E-state index in [0.717, 1.165) is 0 Å². The number of nitriles is 1. The van der Waals surface area contributed by atoms with Crippen molar-refractivity contribution < 1.29 is 19.1 Å². The van der Waals surface area contributed by atoms with Crippen molar-refractivity contribution >= 4 is 34.8 Å². The molecule has 1 heterocycles. The zero-order valence-electron chi connectivity index (χ0n) is 17.7. The van der Waals surface area contributed by atoms with Crippen LogP contribution in [0.2, 0.25) is 0 Å². The number of carbonyl (C=O) groups is 3. The maximum absolute atomic E-state index is 13.0. The first-order valence-corrected chi connectivity index (χ1v) is 10.2. The molecular formula is C25H20N4O4. The lowest BCUT2D eigenvalue weighted by molar-refractivity contribution is -0.122. The minimum Gasteiger partial charge on any atom is -0.481 e. The van der Waals surface area contributed by atoms with Crippen molar-refractivity contribution in [2.24, 2.45) is 0 Å². The Hall–Kier alpha value is -4.64. The first-order valence-electron chi connectivity index (χ1n) is 10.2. The van der Waals surface area contributed by atoms with E-state index < -0.39 is 6.10 Å². The number of ether oxygens (including phenoxy) is 1. The van der Waals surface area contributed by atoms with E-state index in [-0.39, 0.29) is 24.3 Å². The fraction of sp³-hybridized carbons (Fsp3) is 0.120. The van der Waals surface area contributed by atoms with Gasteiger partial charge in [-0.1, -0.05) is 18.2 Å². The van der Waals surface area contributed by atoms with E-state index in [2.05, 4.69) is 10.6 Å². The number of anilines is 3. The molecule has 0 radical (unpaired) electrons. The van der Waals surface area contributed by atoms with Crippen LogP contribution in [0.25, 0.3) is 0 Å². The monoisotopic (exact) mass is 440 g/mol. The van der Waals surface area contributed by atoms with Crippen LogP contribution in [0.1, 0.15) is 22.8 Å². The first-order chi connectivity index (χ1) is 15.9. The van der Waals surface area contributed by atoms with E-state index >= 15 is 0 Å². The zero-order valence-corrected chi connectivity index (χ0v) is 17.7. The molecule has 0 saturated carbocycles. The number of amides is 3. The van der Waals surface area contributed by atoms with Gasteiger partial charge in [0.15, 0.2) is 6.10 Å². The van der Waals surface area contributed by atoms with Gasteiger partial charge in [0.2, 0.25) is 5.91 Å². The Kier molecular flexibility index (Phi) is 6.04. The van der Waals surface area contributed by atoms with Gasteiger partial charge in [0.25, 0.3) is 11.8 Å². The van der Waals surface area contributed by atoms with Crippen LogP contribution < -0.4 is 20.3 Å². The number of benzene rings is 3. The Labute approximate surface area is 190 Å². The molecule has 164 valence electrons. The van der Waals surface area contributed by atoms with Gasteiger partial charge in [-0.15, -0.1) is 0 Å². The van der Waals surface area contributed by atoms with Crippen molar-refractivity contribution in [1.29, 1.82) is 5.26 Å². The van der Waals surface area contributed by atoms with Crippen molar-refractivity contribution in [3.05, 3.63) is 83.9 Å². The molecule has 4 rings (SSSR count). The lowest BCUT2D eigenvalue weighted by Crippen LogP contribution is -2.42. The van der Waals surface area contributed by atoms with Crippen molar-refractivity contribution in [2.75, 3.05) is 22.1 Å². The number of para-hydroxylation sites is 2. The minimum absolute atomic E-state index is 0.0732. The molecule has 3 aromatic carbocycles. The summed E-state index contributed by atoms with van der Waals surface area (Å²) in [6.07, 6.45) is -0.802. The quantitative estimate of drug-likeness (QED) is 0.630. The number of rotatable bonds is 5. The summed E-state index contributed by atoms with van der Waals surface area (Å²) < 4.78 is 5.61. The highest BCUT2D eigenvalue weighted by molar-refractivity contribution is 6.15. The van der Waals surface area contributed by atoms with E-state index in [9.17, 15) is 14.4 Å². The summed E-state index contributed by atoms with van der Waals surface area (Å²) in [5.74, 6) is -0.536. The number of fused-ring (bicyclic) bond motifs is 1. The number of nitrogens with zero attached hydrogens (tertiary/aromatic N) is 2. The molecule has 0 bridgehead atoms. The Balaban J connectivity index is 1.42. The van der Waals surface area contributed by atoms with Gasteiger partial charge in [-0.05, 0) is 61.5 Å². The van der Waals surface area contributed by atoms with Crippen LogP contribution in [0.15, 0.2) is 72.8 Å². The molecular weight excluding hydrogens is 420 g/mol. The molecule has 2 N–H and O–H groups in total. The molecule has 3 amide bonds. The summed E-state index contributed by atoms with van der Waals surface area (Å²) in [7, 11) is 0. The number of nitrogens with one attached hydrogen (secondary N) is 2. The molecule has 1 atom stereocenters. The van der Waals surface area contributed by atoms with Crippen molar-refractivity contribution in [1.82, 2.24) is 0 Å². The van der Waals surface area contributed by atoms with Crippen LogP contribution in [0.3, 0.4) is 0 Å². The van der Waals surface area contributed by atoms with Gasteiger partial charge in [0.1, 0.15) is 12.3 Å². The smallest absolute Gasteiger partial charge is 0.265 e. The van der Waals surface area contributed by atoms with E-state index in [1.807, 2.05) is 6.07 Å². The highest BCUT2D eigenvalue weighted by Gasteiger charge is 2.27. The third kappa shape index (κ3) is 4.83. The van der Waals surface area contributed by atoms with Crippen LogP contribution in [-0.4, -0.2) is 30.4 Å². The lowest BCUT2D eigenvalue weighted by Gasteiger charge is -2.29. The summed E-state index contributed by atoms with van der Waals surface area (Å²) in [5.41, 5.74) is 2.53. The Morgan fingerprint density at radius 3 is 2.61 bits per heavy atom. The topological polar surface area (TPSA) is 112 Å².